The first kappa shape index (κ1) is 14.6. The average molecular weight is 285 g/mol. The molecule has 2 rings (SSSR count). The van der Waals surface area contributed by atoms with E-state index in [4.69, 9.17) is 11.6 Å². The van der Waals surface area contributed by atoms with Crippen molar-refractivity contribution in [3.63, 3.8) is 0 Å². The Morgan fingerprint density at radius 1 is 1.47 bits per heavy atom. The van der Waals surface area contributed by atoms with Gasteiger partial charge in [-0.05, 0) is 43.5 Å². The predicted molar refractivity (Wildman–Crippen MR) is 79.5 cm³/mol. The van der Waals surface area contributed by atoms with E-state index in [-0.39, 0.29) is 5.82 Å². The SMILES string of the molecule is CCCNC1CCN(c2cc(F)ccc2Cl)CC1C. The third kappa shape index (κ3) is 3.61. The van der Waals surface area contributed by atoms with Gasteiger partial charge in [-0.25, -0.2) is 4.39 Å². The molecule has 2 nitrogen and oxygen atoms in total. The Balaban J connectivity index is 2.03. The number of hydrogen-bond donors (Lipinski definition) is 1. The largest absolute Gasteiger partial charge is 0.370 e. The average Bonchev–Trinajstić information content (AvgIpc) is 2.40. The van der Waals surface area contributed by atoms with Crippen LogP contribution in [0, 0.1) is 11.7 Å². The zero-order chi connectivity index (χ0) is 13.8. The minimum atomic E-state index is -0.224. The molecule has 2 unspecified atom stereocenters. The van der Waals surface area contributed by atoms with Crippen molar-refractivity contribution in [3.05, 3.63) is 29.0 Å². The van der Waals surface area contributed by atoms with Crippen molar-refractivity contribution in [1.29, 1.82) is 0 Å². The van der Waals surface area contributed by atoms with E-state index in [2.05, 4.69) is 24.1 Å². The molecule has 4 heteroatoms. The summed E-state index contributed by atoms with van der Waals surface area (Å²) in [5, 5.41) is 4.22. The minimum Gasteiger partial charge on any atom is -0.370 e. The van der Waals surface area contributed by atoms with E-state index < -0.39 is 0 Å². The zero-order valence-electron chi connectivity index (χ0n) is 11.6. The molecule has 1 heterocycles. The van der Waals surface area contributed by atoms with Gasteiger partial charge in [0.25, 0.3) is 0 Å². The molecule has 19 heavy (non-hydrogen) atoms. The highest BCUT2D eigenvalue weighted by Gasteiger charge is 2.26. The fraction of sp³-hybridized carbons (Fsp3) is 0.600. The second-order valence-corrected chi connectivity index (χ2v) is 5.78. The van der Waals surface area contributed by atoms with Crippen LogP contribution in [-0.4, -0.2) is 25.7 Å². The summed E-state index contributed by atoms with van der Waals surface area (Å²) in [7, 11) is 0. The van der Waals surface area contributed by atoms with Crippen molar-refractivity contribution in [2.24, 2.45) is 5.92 Å². The minimum absolute atomic E-state index is 0.224. The molecule has 0 aromatic heterocycles. The molecule has 1 aliphatic rings. The number of nitrogens with zero attached hydrogens (tertiary/aromatic N) is 1. The normalized spacial score (nSPS) is 23.7. The van der Waals surface area contributed by atoms with Gasteiger partial charge in [0.15, 0.2) is 0 Å². The lowest BCUT2D eigenvalue weighted by Gasteiger charge is -2.39. The topological polar surface area (TPSA) is 15.3 Å². The van der Waals surface area contributed by atoms with Crippen LogP contribution in [0.1, 0.15) is 26.7 Å². The number of piperidine rings is 1. The molecule has 1 aromatic carbocycles. The van der Waals surface area contributed by atoms with E-state index in [0.717, 1.165) is 38.2 Å². The van der Waals surface area contributed by atoms with Gasteiger partial charge in [-0.1, -0.05) is 25.4 Å². The maximum absolute atomic E-state index is 13.3. The maximum atomic E-state index is 13.3. The van der Waals surface area contributed by atoms with Gasteiger partial charge >= 0.3 is 0 Å². The summed E-state index contributed by atoms with van der Waals surface area (Å²) < 4.78 is 13.3. The Bertz CT molecular complexity index is 425. The van der Waals surface area contributed by atoms with Crippen LogP contribution in [-0.2, 0) is 0 Å². The van der Waals surface area contributed by atoms with Crippen LogP contribution in [0.2, 0.25) is 5.02 Å². The molecule has 1 aromatic rings. The third-order valence-electron chi connectivity index (χ3n) is 3.81. The number of nitrogens with one attached hydrogen (secondary N) is 1. The summed E-state index contributed by atoms with van der Waals surface area (Å²) in [6, 6.07) is 5.14. The van der Waals surface area contributed by atoms with Gasteiger partial charge in [-0.15, -0.1) is 0 Å². The summed E-state index contributed by atoms with van der Waals surface area (Å²) in [5.74, 6) is 0.318. The Kier molecular flexibility index (Phi) is 5.06. The van der Waals surface area contributed by atoms with E-state index in [1.165, 1.54) is 12.1 Å². The van der Waals surface area contributed by atoms with E-state index in [9.17, 15) is 4.39 Å². The van der Waals surface area contributed by atoms with Crippen LogP contribution in [0.3, 0.4) is 0 Å². The Hall–Kier alpha value is -0.800. The number of benzene rings is 1. The Morgan fingerprint density at radius 2 is 2.26 bits per heavy atom. The molecule has 1 fully saturated rings. The monoisotopic (exact) mass is 284 g/mol. The molecule has 1 saturated heterocycles. The maximum Gasteiger partial charge on any atom is 0.125 e. The standard InChI is InChI=1S/C15H22ClFN2/c1-3-7-18-14-6-8-19(10-11(14)2)15-9-12(17)4-5-13(15)16/h4-5,9,11,14,18H,3,6-8,10H2,1-2H3. The molecule has 0 saturated carbocycles. The van der Waals surface area contributed by atoms with Crippen molar-refractivity contribution in [2.75, 3.05) is 24.5 Å². The lowest BCUT2D eigenvalue weighted by atomic mass is 9.93. The highest BCUT2D eigenvalue weighted by molar-refractivity contribution is 6.33. The molecule has 0 bridgehead atoms. The molecule has 1 aliphatic heterocycles. The van der Waals surface area contributed by atoms with Crippen molar-refractivity contribution >= 4 is 17.3 Å². The number of hydrogen-bond acceptors (Lipinski definition) is 2. The van der Waals surface area contributed by atoms with Crippen molar-refractivity contribution < 1.29 is 4.39 Å². The fourth-order valence-electron chi connectivity index (χ4n) is 2.73. The highest BCUT2D eigenvalue weighted by Crippen LogP contribution is 2.30. The Morgan fingerprint density at radius 3 is 2.95 bits per heavy atom. The third-order valence-corrected chi connectivity index (χ3v) is 4.13. The van der Waals surface area contributed by atoms with Gasteiger partial charge in [0, 0.05) is 19.1 Å². The molecule has 0 amide bonds. The first-order chi connectivity index (χ1) is 9.11. The van der Waals surface area contributed by atoms with E-state index in [0.29, 0.717) is 17.0 Å². The van der Waals surface area contributed by atoms with Crippen molar-refractivity contribution in [1.82, 2.24) is 5.32 Å². The van der Waals surface area contributed by atoms with Gasteiger partial charge < -0.3 is 10.2 Å². The quantitative estimate of drug-likeness (QED) is 0.907. The van der Waals surface area contributed by atoms with Gasteiger partial charge in [-0.3, -0.25) is 0 Å². The van der Waals surface area contributed by atoms with Crippen LogP contribution in [0.15, 0.2) is 18.2 Å². The summed E-state index contributed by atoms with van der Waals surface area (Å²) in [5.41, 5.74) is 0.822. The van der Waals surface area contributed by atoms with Crippen molar-refractivity contribution in [3.8, 4) is 0 Å². The van der Waals surface area contributed by atoms with Gasteiger partial charge in [-0.2, -0.15) is 0 Å². The van der Waals surface area contributed by atoms with Gasteiger partial charge in [0.1, 0.15) is 5.82 Å². The van der Waals surface area contributed by atoms with E-state index in [1.54, 1.807) is 6.07 Å². The van der Waals surface area contributed by atoms with Crippen LogP contribution in [0.25, 0.3) is 0 Å². The molecule has 0 radical (unpaired) electrons. The molecule has 106 valence electrons. The van der Waals surface area contributed by atoms with E-state index >= 15 is 0 Å². The number of halogens is 2. The summed E-state index contributed by atoms with van der Waals surface area (Å²) in [6.07, 6.45) is 2.23. The molecule has 1 N–H and O–H groups in total. The molecule has 0 aliphatic carbocycles. The predicted octanol–water partition coefficient (Wildman–Crippen LogP) is 3.69. The second-order valence-electron chi connectivity index (χ2n) is 5.37. The summed E-state index contributed by atoms with van der Waals surface area (Å²) in [6.45, 7) is 7.33. The highest BCUT2D eigenvalue weighted by atomic mass is 35.5. The van der Waals surface area contributed by atoms with Crippen LogP contribution >= 0.6 is 11.6 Å². The zero-order valence-corrected chi connectivity index (χ0v) is 12.4. The molecule has 2 atom stereocenters. The summed E-state index contributed by atoms with van der Waals surface area (Å²) >= 11 is 6.17. The fourth-order valence-corrected chi connectivity index (χ4v) is 2.96. The molecular formula is C15H22ClFN2. The van der Waals surface area contributed by atoms with Crippen molar-refractivity contribution in [2.45, 2.75) is 32.7 Å². The first-order valence-corrected chi connectivity index (χ1v) is 7.43. The number of anilines is 1. The van der Waals surface area contributed by atoms with Gasteiger partial charge in [0.2, 0.25) is 0 Å². The Labute approximate surface area is 119 Å². The number of rotatable bonds is 4. The lowest BCUT2D eigenvalue weighted by Crippen LogP contribution is -2.48. The summed E-state index contributed by atoms with van der Waals surface area (Å²) in [4.78, 5) is 2.19. The second kappa shape index (κ2) is 6.58. The first-order valence-electron chi connectivity index (χ1n) is 7.05. The molecular weight excluding hydrogens is 263 g/mol. The van der Waals surface area contributed by atoms with Crippen LogP contribution in [0.5, 0.6) is 0 Å². The van der Waals surface area contributed by atoms with Crippen LogP contribution in [0.4, 0.5) is 10.1 Å². The lowest BCUT2D eigenvalue weighted by molar-refractivity contribution is 0.322. The smallest absolute Gasteiger partial charge is 0.125 e. The van der Waals surface area contributed by atoms with Gasteiger partial charge in [0.05, 0.1) is 10.7 Å². The van der Waals surface area contributed by atoms with E-state index in [1.807, 2.05) is 0 Å². The molecule has 0 spiro atoms. The van der Waals surface area contributed by atoms with Crippen LogP contribution < -0.4 is 10.2 Å².